The second-order valence-electron chi connectivity index (χ2n) is 15.7. The number of benzene rings is 2. The third-order valence-corrected chi connectivity index (χ3v) is 9.01. The molecule has 7 rings (SSSR count). The first-order valence-corrected chi connectivity index (χ1v) is 18.3. The Hall–Kier alpha value is -5.00. The summed E-state index contributed by atoms with van der Waals surface area (Å²) in [7, 11) is 3.60. The number of hydrogen-bond acceptors (Lipinski definition) is 11. The van der Waals surface area contributed by atoms with Gasteiger partial charge in [0, 0.05) is 30.4 Å². The number of imidazole rings is 2. The van der Waals surface area contributed by atoms with Gasteiger partial charge < -0.3 is 32.7 Å². The molecule has 1 fully saturated rings. The maximum atomic E-state index is 11.0. The van der Waals surface area contributed by atoms with Crippen LogP contribution in [0.25, 0.3) is 33.1 Å². The summed E-state index contributed by atoms with van der Waals surface area (Å²) >= 11 is 3.27. The minimum atomic E-state index is -1.06. The summed E-state index contributed by atoms with van der Waals surface area (Å²) < 4.78 is 30.7. The molecule has 0 aliphatic carbocycles. The summed E-state index contributed by atoms with van der Waals surface area (Å²) in [6.07, 6.45) is 8.66. The number of aryl methyl sites for hydroxylation is 2. The predicted molar refractivity (Wildman–Crippen MR) is 215 cm³/mol. The molecule has 0 saturated carbocycles. The van der Waals surface area contributed by atoms with E-state index >= 15 is 0 Å². The van der Waals surface area contributed by atoms with E-state index in [9.17, 15) is 9.59 Å². The zero-order valence-corrected chi connectivity index (χ0v) is 35.0. The summed E-state index contributed by atoms with van der Waals surface area (Å²) in [5.41, 5.74) is 3.32. The Bertz CT molecular complexity index is 2130. The van der Waals surface area contributed by atoms with Gasteiger partial charge in [0.15, 0.2) is 0 Å². The first-order chi connectivity index (χ1) is 25.5. The van der Waals surface area contributed by atoms with Crippen LogP contribution in [0, 0.1) is 0 Å². The average Bonchev–Trinajstić information content (AvgIpc) is 3.89. The van der Waals surface area contributed by atoms with Crippen molar-refractivity contribution in [1.82, 2.24) is 39.5 Å². The van der Waals surface area contributed by atoms with E-state index in [2.05, 4.69) is 96.9 Å². The van der Waals surface area contributed by atoms with Gasteiger partial charge in [-0.2, -0.15) is 10.2 Å². The van der Waals surface area contributed by atoms with Gasteiger partial charge in [-0.1, -0.05) is 24.3 Å². The summed E-state index contributed by atoms with van der Waals surface area (Å²) in [5.74, 6) is 0. The number of ether oxygens (including phenoxy) is 3. The largest absolute Gasteiger partial charge is 0.519 e. The van der Waals surface area contributed by atoms with Crippen LogP contribution in [-0.2, 0) is 37.6 Å². The molecule has 15 nitrogen and oxygen atoms in total. The topological polar surface area (TPSA) is 173 Å². The van der Waals surface area contributed by atoms with Gasteiger partial charge in [0.1, 0.15) is 15.8 Å². The summed E-state index contributed by atoms with van der Waals surface area (Å²) in [5, 5.41) is 16.2. The zero-order chi connectivity index (χ0) is 40.8. The molecule has 6 aromatic rings. The highest BCUT2D eigenvalue weighted by molar-refractivity contribution is 9.10. The number of nitrogens with one attached hydrogen (secondary N) is 2. The molecule has 0 bridgehead atoms. The van der Waals surface area contributed by atoms with Gasteiger partial charge in [0.25, 0.3) is 0 Å². The normalized spacial score (nSPS) is 14.5. The van der Waals surface area contributed by atoms with Crippen LogP contribution in [0.2, 0.25) is 0 Å². The lowest BCUT2D eigenvalue weighted by molar-refractivity contribution is -0.0293. The maximum absolute atomic E-state index is 11.0. The van der Waals surface area contributed by atoms with E-state index in [4.69, 9.17) is 18.8 Å². The van der Waals surface area contributed by atoms with Crippen molar-refractivity contribution in [3.05, 3.63) is 78.4 Å². The monoisotopic (exact) mass is 820 g/mol. The van der Waals surface area contributed by atoms with E-state index in [1.807, 2.05) is 60.0 Å². The smallest absolute Gasteiger partial charge is 0.428 e. The first kappa shape index (κ1) is 42.7. The molecule has 0 spiro atoms. The van der Waals surface area contributed by atoms with Crippen molar-refractivity contribution in [1.29, 1.82) is 0 Å². The van der Waals surface area contributed by atoms with Gasteiger partial charge in [0.05, 0.1) is 65.4 Å². The predicted octanol–water partition coefficient (Wildman–Crippen LogP) is 7.88. The third-order valence-electron chi connectivity index (χ3n) is 8.25. The van der Waals surface area contributed by atoms with Gasteiger partial charge >= 0.3 is 19.4 Å². The Morgan fingerprint density at radius 3 is 1.65 bits per heavy atom. The van der Waals surface area contributed by atoms with E-state index in [1.165, 1.54) is 0 Å². The fourth-order valence-electron chi connectivity index (χ4n) is 4.76. The molecule has 0 atom stereocenters. The van der Waals surface area contributed by atoms with Gasteiger partial charge in [-0.25, -0.2) is 19.6 Å². The van der Waals surface area contributed by atoms with E-state index in [0.717, 1.165) is 43.1 Å². The van der Waals surface area contributed by atoms with Crippen LogP contribution in [0.1, 0.15) is 69.2 Å². The average molecular weight is 822 g/mol. The number of aromatic amines is 2. The SMILES string of the molecule is CC(C)(C)OC(=O)OC(=O)OC(C)(C)C.CC1(C)OB(c2ccc3cn[nH]c3c2)OC1(C)C.Cn1cncc1-c1ccc2cn[nH]c2c1.Cn1cncc1Br. The van der Waals surface area contributed by atoms with Crippen LogP contribution in [-0.4, -0.2) is 81.3 Å². The van der Waals surface area contributed by atoms with Crippen molar-refractivity contribution in [2.45, 2.75) is 91.6 Å². The Balaban J connectivity index is 0.000000170. The summed E-state index contributed by atoms with van der Waals surface area (Å²) in [6, 6.07) is 12.3. The highest BCUT2D eigenvalue weighted by Crippen LogP contribution is 2.36. The van der Waals surface area contributed by atoms with Gasteiger partial charge in [-0.3, -0.25) is 10.2 Å². The number of nitrogens with zero attached hydrogens (tertiary/aromatic N) is 6. The lowest BCUT2D eigenvalue weighted by atomic mass is 9.79. The molecule has 0 amide bonds. The van der Waals surface area contributed by atoms with Crippen molar-refractivity contribution in [3.63, 3.8) is 0 Å². The van der Waals surface area contributed by atoms with Gasteiger partial charge in [0.2, 0.25) is 0 Å². The van der Waals surface area contributed by atoms with Crippen molar-refractivity contribution in [2.24, 2.45) is 14.1 Å². The molecule has 4 aromatic heterocycles. The fraction of sp³-hybridized carbons (Fsp3) is 0.421. The molecule has 17 heteroatoms. The molecular weight excluding hydrogens is 771 g/mol. The second kappa shape index (κ2) is 17.2. The van der Waals surface area contributed by atoms with Crippen LogP contribution in [0.15, 0.2) is 78.4 Å². The zero-order valence-electron chi connectivity index (χ0n) is 33.4. The third kappa shape index (κ3) is 12.3. The molecule has 0 radical (unpaired) electrons. The minimum absolute atomic E-state index is 0.305. The number of halogens is 1. The number of H-pyrrole nitrogens is 2. The molecule has 5 heterocycles. The first-order valence-electron chi connectivity index (χ1n) is 17.5. The molecule has 1 aliphatic rings. The van der Waals surface area contributed by atoms with Crippen LogP contribution in [0.5, 0.6) is 0 Å². The van der Waals surface area contributed by atoms with E-state index < -0.39 is 23.5 Å². The molecule has 0 unspecified atom stereocenters. The van der Waals surface area contributed by atoms with Crippen molar-refractivity contribution >= 4 is 62.6 Å². The van der Waals surface area contributed by atoms with Crippen LogP contribution in [0.4, 0.5) is 9.59 Å². The van der Waals surface area contributed by atoms with E-state index in [-0.39, 0.29) is 18.3 Å². The van der Waals surface area contributed by atoms with Crippen LogP contribution < -0.4 is 5.46 Å². The quantitative estimate of drug-likeness (QED) is 0.0989. The van der Waals surface area contributed by atoms with Crippen LogP contribution in [0.3, 0.4) is 0 Å². The Kier molecular flexibility index (Phi) is 13.4. The lowest BCUT2D eigenvalue weighted by Crippen LogP contribution is -2.41. The van der Waals surface area contributed by atoms with E-state index in [1.54, 1.807) is 60.4 Å². The molecule has 55 heavy (non-hydrogen) atoms. The van der Waals surface area contributed by atoms with Gasteiger partial charge in [-0.15, -0.1) is 0 Å². The van der Waals surface area contributed by atoms with Crippen LogP contribution >= 0.6 is 15.9 Å². The summed E-state index contributed by atoms with van der Waals surface area (Å²) in [6.45, 7) is 18.2. The number of carbonyl (C=O) groups excluding carboxylic acids is 2. The van der Waals surface area contributed by atoms with E-state index in [0.29, 0.717) is 0 Å². The summed E-state index contributed by atoms with van der Waals surface area (Å²) in [4.78, 5) is 30.0. The van der Waals surface area contributed by atoms with Gasteiger partial charge in [-0.05, 0) is 103 Å². The molecule has 2 aromatic carbocycles. The number of carbonyl (C=O) groups is 2. The molecule has 1 saturated heterocycles. The minimum Gasteiger partial charge on any atom is -0.428 e. The van der Waals surface area contributed by atoms with Crippen molar-refractivity contribution < 1.29 is 33.1 Å². The maximum Gasteiger partial charge on any atom is 0.519 e. The highest BCUT2D eigenvalue weighted by atomic mass is 79.9. The number of rotatable bonds is 2. The molecule has 1 aliphatic heterocycles. The van der Waals surface area contributed by atoms with Crippen molar-refractivity contribution in [3.8, 4) is 11.3 Å². The Morgan fingerprint density at radius 2 is 1.22 bits per heavy atom. The molecular formula is C38H50BBrN8O7. The Morgan fingerprint density at radius 1 is 0.727 bits per heavy atom. The number of hydrogen-bond donors (Lipinski definition) is 2. The standard InChI is InChI=1S/C13H17BN2O2.C11H10N4.C10H18O5.C4H5BrN2/c1-12(2)13(3,4)18-14(17-12)10-6-5-9-8-15-16-11(9)7-10;1-15-7-12-6-11(15)8-2-3-9-5-13-14-10(9)4-8;1-9(2,3)14-7(11)13-8(12)15-10(4,5)6;1-7-3-6-2-4(7)5/h5-8H,1-4H3,(H,15,16);2-7H,1H3,(H,13,14);1-6H3;2-3H,1H3. The Labute approximate surface area is 329 Å². The molecule has 2 N–H and O–H groups in total. The second-order valence-corrected chi connectivity index (χ2v) is 16.5. The molecule has 294 valence electrons. The number of aromatic nitrogens is 8. The number of fused-ring (bicyclic) bond motifs is 2. The van der Waals surface area contributed by atoms with Crippen molar-refractivity contribution in [2.75, 3.05) is 0 Å². The lowest BCUT2D eigenvalue weighted by Gasteiger charge is -2.32. The fourth-order valence-corrected chi connectivity index (χ4v) is 4.97. The highest BCUT2D eigenvalue weighted by Gasteiger charge is 2.51.